The number of nitrogens with one attached hydrogen (secondary N) is 1. The van der Waals surface area contributed by atoms with Gasteiger partial charge in [-0.25, -0.2) is 4.79 Å². The third-order valence-electron chi connectivity index (χ3n) is 3.32. The number of benzene rings is 1. The van der Waals surface area contributed by atoms with Crippen LogP contribution in [0.15, 0.2) is 24.3 Å². The van der Waals surface area contributed by atoms with Gasteiger partial charge in [-0.3, -0.25) is 0 Å². The number of ether oxygens (including phenoxy) is 2. The number of rotatable bonds is 7. The first kappa shape index (κ1) is 15.9. The molecule has 4 nitrogen and oxygen atoms in total. The first-order chi connectivity index (χ1) is 10.0. The lowest BCUT2D eigenvalue weighted by Gasteiger charge is -2.13. The van der Waals surface area contributed by atoms with Crippen molar-refractivity contribution in [1.29, 1.82) is 0 Å². The molecule has 21 heavy (non-hydrogen) atoms. The van der Waals surface area contributed by atoms with Gasteiger partial charge < -0.3 is 14.8 Å². The van der Waals surface area contributed by atoms with Crippen molar-refractivity contribution in [3.8, 4) is 0 Å². The van der Waals surface area contributed by atoms with Gasteiger partial charge in [0, 0.05) is 19.7 Å². The Hall–Kier alpha value is -1.53. The quantitative estimate of drug-likeness (QED) is 0.785. The molecular formula is C15H19F2NO3. The lowest BCUT2D eigenvalue weighted by Crippen LogP contribution is -2.27. The molecule has 0 aromatic heterocycles. The number of halogens is 2. The van der Waals surface area contributed by atoms with E-state index >= 15 is 0 Å². The molecule has 0 saturated carbocycles. The summed E-state index contributed by atoms with van der Waals surface area (Å²) in [6.07, 6.45) is -1.33. The fourth-order valence-corrected chi connectivity index (χ4v) is 2.21. The first-order valence-electron chi connectivity index (χ1n) is 6.97. The number of carbonyl (C=O) groups is 1. The molecule has 0 spiro atoms. The maximum absolute atomic E-state index is 13.0. The zero-order chi connectivity index (χ0) is 15.3. The van der Waals surface area contributed by atoms with Crippen LogP contribution in [0.1, 0.15) is 24.5 Å². The van der Waals surface area contributed by atoms with E-state index in [-0.39, 0.29) is 6.54 Å². The molecule has 6 heteroatoms. The minimum atomic E-state index is -3.35. The maximum Gasteiger partial charge on any atom is 0.377 e. The standard InChI is InChI=1S/C15H19F2NO3/c1-2-20-10-12-6-4-3-5-11(12)8-18-9-13-7-15(16,17)14(19)21-13/h3-6,13,18H,2,7-10H2,1H3. The average Bonchev–Trinajstić information content (AvgIpc) is 2.71. The Morgan fingerprint density at radius 2 is 2.10 bits per heavy atom. The molecule has 116 valence electrons. The number of hydrogen-bond acceptors (Lipinski definition) is 4. The molecule has 2 rings (SSSR count). The molecule has 1 fully saturated rings. The van der Waals surface area contributed by atoms with Crippen molar-refractivity contribution in [3.63, 3.8) is 0 Å². The third-order valence-corrected chi connectivity index (χ3v) is 3.32. The van der Waals surface area contributed by atoms with Crippen molar-refractivity contribution in [3.05, 3.63) is 35.4 Å². The van der Waals surface area contributed by atoms with Gasteiger partial charge in [-0.15, -0.1) is 0 Å². The van der Waals surface area contributed by atoms with Gasteiger partial charge in [0.25, 0.3) is 0 Å². The van der Waals surface area contributed by atoms with E-state index in [1.54, 1.807) is 0 Å². The lowest BCUT2D eigenvalue weighted by molar-refractivity contribution is -0.159. The van der Waals surface area contributed by atoms with Crippen LogP contribution in [-0.2, 0) is 27.4 Å². The minimum Gasteiger partial charge on any atom is -0.456 e. The van der Waals surface area contributed by atoms with Crippen molar-refractivity contribution < 1.29 is 23.0 Å². The summed E-state index contributed by atoms with van der Waals surface area (Å²) < 4.78 is 36.1. The van der Waals surface area contributed by atoms with E-state index in [0.717, 1.165) is 11.1 Å². The zero-order valence-electron chi connectivity index (χ0n) is 11.9. The zero-order valence-corrected chi connectivity index (χ0v) is 11.9. The van der Waals surface area contributed by atoms with Crippen LogP contribution in [0.25, 0.3) is 0 Å². The monoisotopic (exact) mass is 299 g/mol. The Balaban J connectivity index is 1.83. The second kappa shape index (κ2) is 6.95. The Labute approximate surface area is 122 Å². The maximum atomic E-state index is 13.0. The van der Waals surface area contributed by atoms with E-state index in [1.807, 2.05) is 31.2 Å². The second-order valence-corrected chi connectivity index (χ2v) is 4.97. The molecule has 0 radical (unpaired) electrons. The number of alkyl halides is 2. The summed E-state index contributed by atoms with van der Waals surface area (Å²) in [5, 5.41) is 3.05. The molecule has 1 unspecified atom stereocenters. The van der Waals surface area contributed by atoms with E-state index in [9.17, 15) is 13.6 Å². The fourth-order valence-electron chi connectivity index (χ4n) is 2.21. The first-order valence-corrected chi connectivity index (χ1v) is 6.97. The van der Waals surface area contributed by atoms with Crippen molar-refractivity contribution in [2.24, 2.45) is 0 Å². The largest absolute Gasteiger partial charge is 0.456 e. The summed E-state index contributed by atoms with van der Waals surface area (Å²) in [7, 11) is 0. The Bertz CT molecular complexity index is 494. The van der Waals surface area contributed by atoms with Crippen LogP contribution in [0, 0.1) is 0 Å². The van der Waals surface area contributed by atoms with Crippen LogP contribution < -0.4 is 5.32 Å². The van der Waals surface area contributed by atoms with E-state index in [2.05, 4.69) is 10.1 Å². The Morgan fingerprint density at radius 1 is 1.38 bits per heavy atom. The summed E-state index contributed by atoms with van der Waals surface area (Å²) >= 11 is 0. The van der Waals surface area contributed by atoms with Gasteiger partial charge in [-0.1, -0.05) is 24.3 Å². The SMILES string of the molecule is CCOCc1ccccc1CNCC1CC(F)(F)C(=O)O1. The van der Waals surface area contributed by atoms with Gasteiger partial charge >= 0.3 is 11.9 Å². The van der Waals surface area contributed by atoms with E-state index in [4.69, 9.17) is 4.74 Å². The molecular weight excluding hydrogens is 280 g/mol. The van der Waals surface area contributed by atoms with E-state index < -0.39 is 24.4 Å². The molecule has 1 saturated heterocycles. The lowest BCUT2D eigenvalue weighted by atomic mass is 10.1. The highest BCUT2D eigenvalue weighted by Gasteiger charge is 2.50. The van der Waals surface area contributed by atoms with Gasteiger partial charge in [-0.05, 0) is 18.1 Å². The second-order valence-electron chi connectivity index (χ2n) is 4.97. The van der Waals surface area contributed by atoms with Crippen molar-refractivity contribution in [2.75, 3.05) is 13.2 Å². The van der Waals surface area contributed by atoms with Crippen molar-refractivity contribution in [1.82, 2.24) is 5.32 Å². The smallest absolute Gasteiger partial charge is 0.377 e. The Morgan fingerprint density at radius 3 is 2.71 bits per heavy atom. The highest BCUT2D eigenvalue weighted by atomic mass is 19.3. The molecule has 1 aliphatic heterocycles. The van der Waals surface area contributed by atoms with Crippen LogP contribution >= 0.6 is 0 Å². The summed E-state index contributed by atoms with van der Waals surface area (Å²) in [5.41, 5.74) is 2.10. The van der Waals surface area contributed by atoms with Crippen molar-refractivity contribution >= 4 is 5.97 Å². The highest BCUT2D eigenvalue weighted by molar-refractivity contribution is 5.79. The van der Waals surface area contributed by atoms with Crippen LogP contribution in [-0.4, -0.2) is 31.1 Å². The predicted octanol–water partition coefficient (Wildman–Crippen LogP) is 2.26. The minimum absolute atomic E-state index is 0.213. The summed E-state index contributed by atoms with van der Waals surface area (Å²) in [6.45, 7) is 3.81. The number of esters is 1. The molecule has 0 aliphatic carbocycles. The summed E-state index contributed by atoms with van der Waals surface area (Å²) in [5.74, 6) is -4.77. The number of cyclic esters (lactones) is 1. The van der Waals surface area contributed by atoms with Gasteiger partial charge in [0.05, 0.1) is 13.0 Å². The third kappa shape index (κ3) is 4.22. The normalized spacial score (nSPS) is 20.5. The van der Waals surface area contributed by atoms with Crippen LogP contribution in [0.3, 0.4) is 0 Å². The van der Waals surface area contributed by atoms with Gasteiger partial charge in [0.2, 0.25) is 0 Å². The molecule has 1 atom stereocenters. The van der Waals surface area contributed by atoms with E-state index in [1.165, 1.54) is 0 Å². The molecule has 0 amide bonds. The Kier molecular flexibility index (Phi) is 5.25. The summed E-state index contributed by atoms with van der Waals surface area (Å²) in [6, 6.07) is 7.76. The van der Waals surface area contributed by atoms with Gasteiger partial charge in [0.1, 0.15) is 6.10 Å². The molecule has 0 bridgehead atoms. The van der Waals surface area contributed by atoms with Gasteiger partial charge in [0.15, 0.2) is 0 Å². The molecule has 1 heterocycles. The fraction of sp³-hybridized carbons (Fsp3) is 0.533. The van der Waals surface area contributed by atoms with E-state index in [0.29, 0.717) is 19.8 Å². The molecule has 1 aromatic rings. The van der Waals surface area contributed by atoms with Crippen molar-refractivity contribution in [2.45, 2.75) is 38.5 Å². The van der Waals surface area contributed by atoms with Crippen LogP contribution in [0.4, 0.5) is 8.78 Å². The number of carbonyl (C=O) groups excluding carboxylic acids is 1. The molecule has 1 aromatic carbocycles. The summed E-state index contributed by atoms with van der Waals surface area (Å²) in [4.78, 5) is 10.9. The molecule has 1 aliphatic rings. The highest BCUT2D eigenvalue weighted by Crippen LogP contribution is 2.30. The predicted molar refractivity (Wildman–Crippen MR) is 72.9 cm³/mol. The molecule has 1 N–H and O–H groups in total. The van der Waals surface area contributed by atoms with Crippen LogP contribution in [0.5, 0.6) is 0 Å². The number of hydrogen-bond donors (Lipinski definition) is 1. The van der Waals surface area contributed by atoms with Gasteiger partial charge in [-0.2, -0.15) is 8.78 Å². The topological polar surface area (TPSA) is 47.6 Å². The average molecular weight is 299 g/mol. The van der Waals surface area contributed by atoms with Crippen LogP contribution in [0.2, 0.25) is 0 Å².